The van der Waals surface area contributed by atoms with Gasteiger partial charge in [0, 0.05) is 32.6 Å². The van der Waals surface area contributed by atoms with Crippen molar-refractivity contribution in [3.8, 4) is 0 Å². The summed E-state index contributed by atoms with van der Waals surface area (Å²) in [5, 5.41) is 3.29. The van der Waals surface area contributed by atoms with Crippen LogP contribution in [0.2, 0.25) is 0 Å². The lowest BCUT2D eigenvalue weighted by atomic mass is 10.3. The molecular weight excluding hydrogens is 272 g/mol. The van der Waals surface area contributed by atoms with Crippen LogP contribution in [0.15, 0.2) is 24.5 Å². The highest BCUT2D eigenvalue weighted by molar-refractivity contribution is 5.07. The maximum Gasteiger partial charge on any atom is 0.0701 e. The van der Waals surface area contributed by atoms with Gasteiger partial charge in [-0.2, -0.15) is 0 Å². The Morgan fingerprint density at radius 1 is 0.952 bits per heavy atom. The fourth-order valence-electron chi connectivity index (χ4n) is 1.56. The maximum atomic E-state index is 5.45. The lowest BCUT2D eigenvalue weighted by Crippen LogP contribution is -2.20. The molecule has 0 aliphatic carbocycles. The molecule has 0 aliphatic heterocycles. The number of methoxy groups -OCH3 is 1. The van der Waals surface area contributed by atoms with Crippen LogP contribution in [0.5, 0.6) is 0 Å². The van der Waals surface area contributed by atoms with Crippen molar-refractivity contribution in [3.63, 3.8) is 0 Å². The Balaban J connectivity index is 1.75. The first-order valence-electron chi connectivity index (χ1n) is 7.25. The Hall–Kier alpha value is -1.05. The van der Waals surface area contributed by atoms with E-state index in [-0.39, 0.29) is 0 Å². The van der Waals surface area contributed by atoms with Crippen molar-refractivity contribution in [1.82, 2.24) is 10.3 Å². The molecule has 0 bridgehead atoms. The average Bonchev–Trinajstić information content (AvgIpc) is 2.53. The highest BCUT2D eigenvalue weighted by Gasteiger charge is 1.93. The van der Waals surface area contributed by atoms with Gasteiger partial charge >= 0.3 is 0 Å². The molecule has 0 radical (unpaired) electrons. The number of nitrogens with zero attached hydrogens (tertiary/aromatic N) is 1. The molecule has 1 N–H and O–H groups in total. The zero-order valence-corrected chi connectivity index (χ0v) is 12.8. The van der Waals surface area contributed by atoms with E-state index in [1.165, 1.54) is 5.56 Å². The summed E-state index contributed by atoms with van der Waals surface area (Å²) in [5.74, 6) is 0. The number of nitrogens with one attached hydrogen (secondary N) is 1. The minimum atomic E-state index is 0.590. The van der Waals surface area contributed by atoms with Crippen LogP contribution in [0.1, 0.15) is 5.56 Å². The van der Waals surface area contributed by atoms with Crippen molar-refractivity contribution < 1.29 is 18.9 Å². The molecule has 0 amide bonds. The molecule has 0 unspecified atom stereocenters. The van der Waals surface area contributed by atoms with E-state index >= 15 is 0 Å². The Morgan fingerprint density at radius 3 is 2.24 bits per heavy atom. The predicted molar refractivity (Wildman–Crippen MR) is 80.3 cm³/mol. The first kappa shape index (κ1) is 18.0. The van der Waals surface area contributed by atoms with Gasteiger partial charge in [-0.25, -0.2) is 0 Å². The van der Waals surface area contributed by atoms with Gasteiger partial charge in [0.25, 0.3) is 0 Å². The molecule has 21 heavy (non-hydrogen) atoms. The molecular formula is C15H26N2O4. The highest BCUT2D eigenvalue weighted by atomic mass is 16.6. The highest BCUT2D eigenvalue weighted by Crippen LogP contribution is 1.93. The third kappa shape index (κ3) is 11.3. The van der Waals surface area contributed by atoms with E-state index in [0.29, 0.717) is 46.2 Å². The Morgan fingerprint density at radius 2 is 1.62 bits per heavy atom. The van der Waals surface area contributed by atoms with Crippen molar-refractivity contribution >= 4 is 0 Å². The Labute approximate surface area is 126 Å². The molecule has 0 aromatic carbocycles. The fraction of sp³-hybridized carbons (Fsp3) is 0.667. The molecule has 1 heterocycles. The van der Waals surface area contributed by atoms with Gasteiger partial charge in [0.1, 0.15) is 0 Å². The van der Waals surface area contributed by atoms with Gasteiger partial charge in [-0.15, -0.1) is 0 Å². The van der Waals surface area contributed by atoms with E-state index in [4.69, 9.17) is 18.9 Å². The van der Waals surface area contributed by atoms with Crippen LogP contribution in [0, 0.1) is 0 Å². The molecule has 0 aliphatic rings. The van der Waals surface area contributed by atoms with Gasteiger partial charge in [0.05, 0.1) is 46.2 Å². The van der Waals surface area contributed by atoms with Gasteiger partial charge in [-0.05, 0) is 11.6 Å². The number of hydrogen-bond donors (Lipinski definition) is 1. The van der Waals surface area contributed by atoms with Crippen LogP contribution in [0.3, 0.4) is 0 Å². The second kappa shape index (κ2) is 13.9. The molecule has 6 heteroatoms. The smallest absolute Gasteiger partial charge is 0.0701 e. The van der Waals surface area contributed by atoms with E-state index in [9.17, 15) is 0 Å². The van der Waals surface area contributed by atoms with Crippen molar-refractivity contribution in [2.45, 2.75) is 6.54 Å². The van der Waals surface area contributed by atoms with Crippen molar-refractivity contribution in [2.75, 3.05) is 59.9 Å². The molecule has 0 fully saturated rings. The fourth-order valence-corrected chi connectivity index (χ4v) is 1.56. The quantitative estimate of drug-likeness (QED) is 0.514. The van der Waals surface area contributed by atoms with Crippen LogP contribution in [0.25, 0.3) is 0 Å². The summed E-state index contributed by atoms with van der Waals surface area (Å²) >= 11 is 0. The van der Waals surface area contributed by atoms with Crippen LogP contribution < -0.4 is 5.32 Å². The first-order chi connectivity index (χ1) is 10.4. The lowest BCUT2D eigenvalue weighted by Gasteiger charge is -2.07. The van der Waals surface area contributed by atoms with Crippen LogP contribution >= 0.6 is 0 Å². The second-order valence-electron chi connectivity index (χ2n) is 4.37. The Kier molecular flexibility index (Phi) is 11.9. The monoisotopic (exact) mass is 298 g/mol. The van der Waals surface area contributed by atoms with Crippen molar-refractivity contribution in [1.29, 1.82) is 0 Å². The Bertz CT molecular complexity index is 325. The maximum absolute atomic E-state index is 5.45. The lowest BCUT2D eigenvalue weighted by molar-refractivity contribution is 0.00408. The van der Waals surface area contributed by atoms with Gasteiger partial charge in [-0.3, -0.25) is 4.98 Å². The van der Waals surface area contributed by atoms with Gasteiger partial charge in [-0.1, -0.05) is 6.07 Å². The molecule has 0 spiro atoms. The van der Waals surface area contributed by atoms with Crippen LogP contribution in [-0.4, -0.2) is 64.9 Å². The van der Waals surface area contributed by atoms with Crippen molar-refractivity contribution in [2.24, 2.45) is 0 Å². The third-order valence-electron chi connectivity index (χ3n) is 2.65. The van der Waals surface area contributed by atoms with E-state index in [0.717, 1.165) is 13.1 Å². The molecule has 0 saturated carbocycles. The van der Waals surface area contributed by atoms with Crippen molar-refractivity contribution in [3.05, 3.63) is 30.1 Å². The number of pyridine rings is 1. The van der Waals surface area contributed by atoms with E-state index in [2.05, 4.69) is 10.3 Å². The van der Waals surface area contributed by atoms with Crippen LogP contribution in [-0.2, 0) is 25.5 Å². The topological polar surface area (TPSA) is 61.8 Å². The standard InChI is InChI=1S/C15H26N2O4/c1-18-7-8-20-11-12-21-10-9-19-6-5-17-14-15-3-2-4-16-13-15/h2-4,13,17H,5-12,14H2,1H3. The summed E-state index contributed by atoms with van der Waals surface area (Å²) < 4.78 is 21.0. The van der Waals surface area contributed by atoms with E-state index < -0.39 is 0 Å². The summed E-state index contributed by atoms with van der Waals surface area (Å²) in [6, 6.07) is 3.98. The summed E-state index contributed by atoms with van der Waals surface area (Å²) in [5.41, 5.74) is 1.18. The summed E-state index contributed by atoms with van der Waals surface area (Å²) in [7, 11) is 1.66. The average molecular weight is 298 g/mol. The minimum Gasteiger partial charge on any atom is -0.382 e. The molecule has 1 rings (SSSR count). The normalized spacial score (nSPS) is 10.9. The third-order valence-corrected chi connectivity index (χ3v) is 2.65. The number of rotatable bonds is 14. The second-order valence-corrected chi connectivity index (χ2v) is 4.37. The molecule has 0 saturated heterocycles. The summed E-state index contributed by atoms with van der Waals surface area (Å²) in [6.45, 7) is 5.91. The first-order valence-corrected chi connectivity index (χ1v) is 7.25. The minimum absolute atomic E-state index is 0.590. The molecule has 6 nitrogen and oxygen atoms in total. The van der Waals surface area contributed by atoms with Gasteiger partial charge in [0.2, 0.25) is 0 Å². The van der Waals surface area contributed by atoms with Gasteiger partial charge < -0.3 is 24.3 Å². The largest absolute Gasteiger partial charge is 0.382 e. The summed E-state index contributed by atoms with van der Waals surface area (Å²) in [4.78, 5) is 4.06. The summed E-state index contributed by atoms with van der Waals surface area (Å²) in [6.07, 6.45) is 3.63. The molecule has 0 atom stereocenters. The molecule has 120 valence electrons. The molecule has 1 aromatic heterocycles. The molecule has 1 aromatic rings. The van der Waals surface area contributed by atoms with Crippen LogP contribution in [0.4, 0.5) is 0 Å². The zero-order chi connectivity index (χ0) is 15.0. The number of hydrogen-bond acceptors (Lipinski definition) is 6. The van der Waals surface area contributed by atoms with E-state index in [1.54, 1.807) is 13.3 Å². The SMILES string of the molecule is COCCOCCOCCOCCNCc1cccnc1. The number of aromatic nitrogens is 1. The van der Waals surface area contributed by atoms with E-state index in [1.807, 2.05) is 18.3 Å². The van der Waals surface area contributed by atoms with Gasteiger partial charge in [0.15, 0.2) is 0 Å². The predicted octanol–water partition coefficient (Wildman–Crippen LogP) is 0.867. The zero-order valence-electron chi connectivity index (χ0n) is 12.8. The number of ether oxygens (including phenoxy) is 4.